The van der Waals surface area contributed by atoms with Crippen LogP contribution in [0.4, 0.5) is 0 Å². The van der Waals surface area contributed by atoms with E-state index in [0.29, 0.717) is 6.04 Å². The Morgan fingerprint density at radius 1 is 1.14 bits per heavy atom. The molecule has 1 rings (SSSR count). The van der Waals surface area contributed by atoms with Gasteiger partial charge in [-0.1, -0.05) is 45.7 Å². The minimum atomic E-state index is 0.580. The summed E-state index contributed by atoms with van der Waals surface area (Å²) in [6.07, 6.45) is 6.13. The predicted molar refractivity (Wildman–Crippen MR) is 92.1 cm³/mol. The summed E-state index contributed by atoms with van der Waals surface area (Å²) >= 11 is 0. The molecular weight excluding hydrogens is 258 g/mol. The van der Waals surface area contributed by atoms with Crippen LogP contribution in [0.1, 0.15) is 58.4 Å². The standard InChI is InChI=1S/C19H33NO/c1-5-8-16(3)14-18(20-12-6-2)11-13-21-19-10-7-9-17(4)15-19/h7,9-10,15-16,18,20H,5-6,8,11-14H2,1-4H3. The van der Waals surface area contributed by atoms with Gasteiger partial charge in [0.1, 0.15) is 5.75 Å². The molecule has 2 unspecified atom stereocenters. The lowest BCUT2D eigenvalue weighted by Gasteiger charge is -2.22. The van der Waals surface area contributed by atoms with Crippen LogP contribution in [0.25, 0.3) is 0 Å². The third-order valence-corrected chi connectivity index (χ3v) is 3.88. The van der Waals surface area contributed by atoms with Crippen LogP contribution in [-0.4, -0.2) is 19.2 Å². The molecule has 120 valence electrons. The molecule has 0 saturated carbocycles. The molecule has 0 radical (unpaired) electrons. The van der Waals surface area contributed by atoms with E-state index in [1.165, 1.54) is 31.2 Å². The van der Waals surface area contributed by atoms with Crippen LogP contribution in [0.5, 0.6) is 5.75 Å². The summed E-state index contributed by atoms with van der Waals surface area (Å²) in [7, 11) is 0. The smallest absolute Gasteiger partial charge is 0.119 e. The summed E-state index contributed by atoms with van der Waals surface area (Å²) in [5.74, 6) is 1.79. The van der Waals surface area contributed by atoms with Gasteiger partial charge >= 0.3 is 0 Å². The quantitative estimate of drug-likeness (QED) is 0.622. The Morgan fingerprint density at radius 3 is 2.62 bits per heavy atom. The molecule has 1 aromatic rings. The fourth-order valence-electron chi connectivity index (χ4n) is 2.77. The van der Waals surface area contributed by atoms with Crippen molar-refractivity contribution in [1.82, 2.24) is 5.32 Å². The van der Waals surface area contributed by atoms with Gasteiger partial charge in [-0.25, -0.2) is 0 Å². The lowest BCUT2D eigenvalue weighted by atomic mass is 9.95. The molecule has 0 aliphatic carbocycles. The highest BCUT2D eigenvalue weighted by atomic mass is 16.5. The molecule has 0 saturated heterocycles. The van der Waals surface area contributed by atoms with Crippen molar-refractivity contribution >= 4 is 0 Å². The van der Waals surface area contributed by atoms with Crippen molar-refractivity contribution in [1.29, 1.82) is 0 Å². The topological polar surface area (TPSA) is 21.3 Å². The first-order valence-electron chi connectivity index (χ1n) is 8.58. The Balaban J connectivity index is 2.37. The Kier molecular flexibility index (Phi) is 9.16. The van der Waals surface area contributed by atoms with Gasteiger partial charge in [0.05, 0.1) is 6.61 Å². The van der Waals surface area contributed by atoms with Gasteiger partial charge < -0.3 is 10.1 Å². The molecular formula is C19H33NO. The SMILES string of the molecule is CCCNC(CCOc1cccc(C)c1)CC(C)CCC. The maximum Gasteiger partial charge on any atom is 0.119 e. The molecule has 2 nitrogen and oxygen atoms in total. The third kappa shape index (κ3) is 8.11. The molecule has 0 bridgehead atoms. The highest BCUT2D eigenvalue weighted by molar-refractivity contribution is 5.27. The number of hydrogen-bond acceptors (Lipinski definition) is 2. The first-order valence-corrected chi connectivity index (χ1v) is 8.58. The second kappa shape index (κ2) is 10.7. The molecule has 0 aliphatic heterocycles. The zero-order valence-electron chi connectivity index (χ0n) is 14.3. The fraction of sp³-hybridized carbons (Fsp3) is 0.684. The van der Waals surface area contributed by atoms with E-state index in [0.717, 1.165) is 31.2 Å². The number of ether oxygens (including phenoxy) is 1. The first kappa shape index (κ1) is 18.0. The molecule has 0 amide bonds. The van der Waals surface area contributed by atoms with Gasteiger partial charge in [-0.15, -0.1) is 0 Å². The second-order valence-electron chi connectivity index (χ2n) is 6.23. The maximum atomic E-state index is 5.90. The predicted octanol–water partition coefficient (Wildman–Crippen LogP) is 4.96. The van der Waals surface area contributed by atoms with Crippen molar-refractivity contribution in [3.63, 3.8) is 0 Å². The van der Waals surface area contributed by atoms with Gasteiger partial charge in [0.2, 0.25) is 0 Å². The van der Waals surface area contributed by atoms with Crippen LogP contribution in [0.3, 0.4) is 0 Å². The van der Waals surface area contributed by atoms with Crippen LogP contribution in [0.15, 0.2) is 24.3 Å². The summed E-state index contributed by atoms with van der Waals surface area (Å²) in [5.41, 5.74) is 1.25. The molecule has 21 heavy (non-hydrogen) atoms. The lowest BCUT2D eigenvalue weighted by Crippen LogP contribution is -2.33. The minimum absolute atomic E-state index is 0.580. The van der Waals surface area contributed by atoms with Gasteiger partial charge in [0.15, 0.2) is 0 Å². The van der Waals surface area contributed by atoms with E-state index >= 15 is 0 Å². The normalized spacial score (nSPS) is 13.9. The number of nitrogens with one attached hydrogen (secondary N) is 1. The van der Waals surface area contributed by atoms with Crippen molar-refractivity contribution in [3.05, 3.63) is 29.8 Å². The molecule has 2 atom stereocenters. The van der Waals surface area contributed by atoms with Crippen LogP contribution in [-0.2, 0) is 0 Å². The van der Waals surface area contributed by atoms with Gasteiger partial charge in [0, 0.05) is 6.04 Å². The van der Waals surface area contributed by atoms with Crippen LogP contribution in [0.2, 0.25) is 0 Å². The fourth-order valence-corrected chi connectivity index (χ4v) is 2.77. The van der Waals surface area contributed by atoms with Crippen LogP contribution < -0.4 is 10.1 Å². The highest BCUT2D eigenvalue weighted by Gasteiger charge is 2.12. The lowest BCUT2D eigenvalue weighted by molar-refractivity contribution is 0.267. The molecule has 0 fully saturated rings. The average molecular weight is 291 g/mol. The van der Waals surface area contributed by atoms with E-state index in [1.54, 1.807) is 0 Å². The van der Waals surface area contributed by atoms with Crippen molar-refractivity contribution in [2.24, 2.45) is 5.92 Å². The molecule has 1 N–H and O–H groups in total. The van der Waals surface area contributed by atoms with Crippen LogP contribution >= 0.6 is 0 Å². The number of rotatable bonds is 11. The Labute approximate surface area is 131 Å². The van der Waals surface area contributed by atoms with Crippen LogP contribution in [0, 0.1) is 12.8 Å². The highest BCUT2D eigenvalue weighted by Crippen LogP contribution is 2.16. The largest absolute Gasteiger partial charge is 0.494 e. The van der Waals surface area contributed by atoms with Crippen molar-refractivity contribution < 1.29 is 4.74 Å². The zero-order chi connectivity index (χ0) is 15.5. The van der Waals surface area contributed by atoms with Crippen molar-refractivity contribution in [3.8, 4) is 5.75 Å². The molecule has 0 heterocycles. The Hall–Kier alpha value is -1.02. The van der Waals surface area contributed by atoms with E-state index in [9.17, 15) is 0 Å². The summed E-state index contributed by atoms with van der Waals surface area (Å²) in [5, 5.41) is 3.68. The zero-order valence-corrected chi connectivity index (χ0v) is 14.3. The number of hydrogen-bond donors (Lipinski definition) is 1. The monoisotopic (exact) mass is 291 g/mol. The summed E-state index contributed by atoms with van der Waals surface area (Å²) in [4.78, 5) is 0. The number of aryl methyl sites for hydroxylation is 1. The van der Waals surface area contributed by atoms with E-state index in [-0.39, 0.29) is 0 Å². The van der Waals surface area contributed by atoms with Gasteiger partial charge in [-0.05, 0) is 56.3 Å². The first-order chi connectivity index (χ1) is 10.2. The molecule has 1 aromatic carbocycles. The summed E-state index contributed by atoms with van der Waals surface area (Å²) in [6.45, 7) is 10.9. The third-order valence-electron chi connectivity index (χ3n) is 3.88. The van der Waals surface area contributed by atoms with Gasteiger partial charge in [-0.3, -0.25) is 0 Å². The van der Waals surface area contributed by atoms with Crippen molar-refractivity contribution in [2.45, 2.75) is 65.8 Å². The van der Waals surface area contributed by atoms with E-state index in [1.807, 2.05) is 6.07 Å². The average Bonchev–Trinajstić information content (AvgIpc) is 2.45. The van der Waals surface area contributed by atoms with Crippen molar-refractivity contribution in [2.75, 3.05) is 13.2 Å². The molecule has 2 heteroatoms. The Bertz CT molecular complexity index is 378. The Morgan fingerprint density at radius 2 is 1.95 bits per heavy atom. The van der Waals surface area contributed by atoms with Gasteiger partial charge in [-0.2, -0.15) is 0 Å². The van der Waals surface area contributed by atoms with Gasteiger partial charge in [0.25, 0.3) is 0 Å². The van der Waals surface area contributed by atoms with E-state index < -0.39 is 0 Å². The molecule has 0 aromatic heterocycles. The number of benzene rings is 1. The second-order valence-corrected chi connectivity index (χ2v) is 6.23. The molecule has 0 spiro atoms. The molecule has 0 aliphatic rings. The summed E-state index contributed by atoms with van der Waals surface area (Å²) in [6, 6.07) is 8.89. The maximum absolute atomic E-state index is 5.90. The van der Waals surface area contributed by atoms with E-state index in [2.05, 4.69) is 51.2 Å². The van der Waals surface area contributed by atoms with E-state index in [4.69, 9.17) is 4.74 Å². The summed E-state index contributed by atoms with van der Waals surface area (Å²) < 4.78 is 5.90. The minimum Gasteiger partial charge on any atom is -0.494 e.